The Kier molecular flexibility index (Phi) is 3.79. The minimum Gasteiger partial charge on any atom is -0.361 e. The van der Waals surface area contributed by atoms with Gasteiger partial charge < -0.3 is 5.32 Å². The van der Waals surface area contributed by atoms with Crippen molar-refractivity contribution in [2.45, 2.75) is 12.7 Å². The third-order valence-electron chi connectivity index (χ3n) is 2.40. The first-order valence-electron chi connectivity index (χ1n) is 5.24. The lowest BCUT2D eigenvalue weighted by molar-refractivity contribution is -0.140. The predicted octanol–water partition coefficient (Wildman–Crippen LogP) is 3.04. The van der Waals surface area contributed by atoms with E-state index in [4.69, 9.17) is 0 Å². The summed E-state index contributed by atoms with van der Waals surface area (Å²) in [5.74, 6) is -0.381. The van der Waals surface area contributed by atoms with Gasteiger partial charge in [-0.2, -0.15) is 13.2 Å². The van der Waals surface area contributed by atoms with E-state index in [0.717, 1.165) is 11.8 Å². The van der Waals surface area contributed by atoms with Crippen LogP contribution in [-0.2, 0) is 12.7 Å². The zero-order valence-electron chi connectivity index (χ0n) is 9.22. The van der Waals surface area contributed by atoms with Crippen LogP contribution in [0.25, 0.3) is 0 Å². The summed E-state index contributed by atoms with van der Waals surface area (Å²) in [5, 5.41) is 3.47. The maximum Gasteiger partial charge on any atom is 0.419 e. The fourth-order valence-corrected chi connectivity index (χ4v) is 2.28. The summed E-state index contributed by atoms with van der Waals surface area (Å²) < 4.78 is 51.1. The van der Waals surface area contributed by atoms with Gasteiger partial charge in [0.1, 0.15) is 5.82 Å². The van der Waals surface area contributed by atoms with Crippen molar-refractivity contribution >= 4 is 16.9 Å². The van der Waals surface area contributed by atoms with E-state index in [9.17, 15) is 17.6 Å². The molecule has 0 saturated heterocycles. The van der Waals surface area contributed by atoms with Gasteiger partial charge in [-0.25, -0.2) is 4.39 Å². The molecule has 0 amide bonds. The molecule has 0 atom stereocenters. The summed E-state index contributed by atoms with van der Waals surface area (Å²) in [7, 11) is 0. The van der Waals surface area contributed by atoms with Crippen molar-refractivity contribution in [2.24, 2.45) is 4.99 Å². The van der Waals surface area contributed by atoms with Gasteiger partial charge in [0.05, 0.1) is 12.1 Å². The van der Waals surface area contributed by atoms with Crippen LogP contribution in [0.1, 0.15) is 11.1 Å². The summed E-state index contributed by atoms with van der Waals surface area (Å²) in [6.45, 7) is 0.680. The monoisotopic (exact) mass is 278 g/mol. The molecule has 98 valence electrons. The van der Waals surface area contributed by atoms with Gasteiger partial charge in [0.2, 0.25) is 0 Å². The van der Waals surface area contributed by atoms with Crippen LogP contribution in [0.3, 0.4) is 0 Å². The molecule has 1 heterocycles. The minimum atomic E-state index is -4.67. The molecule has 0 radical (unpaired) electrons. The van der Waals surface area contributed by atoms with Crippen LogP contribution in [0.2, 0.25) is 0 Å². The molecule has 1 aromatic carbocycles. The largest absolute Gasteiger partial charge is 0.419 e. The van der Waals surface area contributed by atoms with E-state index in [1.54, 1.807) is 0 Å². The van der Waals surface area contributed by atoms with E-state index in [1.807, 2.05) is 0 Å². The van der Waals surface area contributed by atoms with Crippen LogP contribution in [0.15, 0.2) is 23.2 Å². The molecular weight excluding hydrogens is 268 g/mol. The van der Waals surface area contributed by atoms with Gasteiger partial charge in [0.15, 0.2) is 5.17 Å². The number of hydrogen-bond donors (Lipinski definition) is 1. The van der Waals surface area contributed by atoms with E-state index in [2.05, 4.69) is 10.3 Å². The highest BCUT2D eigenvalue weighted by atomic mass is 32.2. The van der Waals surface area contributed by atoms with E-state index < -0.39 is 17.6 Å². The summed E-state index contributed by atoms with van der Waals surface area (Å²) in [4.78, 5) is 4.08. The number of amidine groups is 1. The first-order valence-corrected chi connectivity index (χ1v) is 6.23. The lowest BCUT2D eigenvalue weighted by Gasteiger charge is -2.12. The highest BCUT2D eigenvalue weighted by Crippen LogP contribution is 2.32. The summed E-state index contributed by atoms with van der Waals surface area (Å²) >= 11 is 1.47. The Balaban J connectivity index is 2.13. The van der Waals surface area contributed by atoms with Crippen molar-refractivity contribution in [1.29, 1.82) is 0 Å². The number of thioether (sulfide) groups is 1. The fourth-order valence-electron chi connectivity index (χ4n) is 1.55. The number of benzene rings is 1. The van der Waals surface area contributed by atoms with Crippen molar-refractivity contribution < 1.29 is 17.6 Å². The Morgan fingerprint density at radius 2 is 2.11 bits per heavy atom. The second-order valence-electron chi connectivity index (χ2n) is 3.67. The number of hydrogen-bond acceptors (Lipinski definition) is 3. The maximum absolute atomic E-state index is 13.6. The lowest BCUT2D eigenvalue weighted by Crippen LogP contribution is -2.20. The first-order chi connectivity index (χ1) is 8.48. The van der Waals surface area contributed by atoms with Crippen molar-refractivity contribution in [3.05, 3.63) is 35.1 Å². The predicted molar refractivity (Wildman–Crippen MR) is 63.0 cm³/mol. The van der Waals surface area contributed by atoms with Gasteiger partial charge in [-0.05, 0) is 6.07 Å². The molecular formula is C11H10F4N2S. The average Bonchev–Trinajstić information content (AvgIpc) is 2.79. The molecule has 0 aliphatic carbocycles. The molecule has 0 fully saturated rings. The maximum atomic E-state index is 13.6. The Morgan fingerprint density at radius 1 is 1.33 bits per heavy atom. The van der Waals surface area contributed by atoms with Gasteiger partial charge >= 0.3 is 6.18 Å². The van der Waals surface area contributed by atoms with Crippen molar-refractivity contribution in [1.82, 2.24) is 5.32 Å². The third kappa shape index (κ3) is 2.95. The van der Waals surface area contributed by atoms with E-state index >= 15 is 0 Å². The van der Waals surface area contributed by atoms with Gasteiger partial charge in [0, 0.05) is 17.9 Å². The topological polar surface area (TPSA) is 24.4 Å². The third-order valence-corrected chi connectivity index (χ3v) is 3.33. The van der Waals surface area contributed by atoms with Gasteiger partial charge in [-0.15, -0.1) is 0 Å². The van der Waals surface area contributed by atoms with Crippen molar-refractivity contribution in [3.8, 4) is 0 Å². The van der Waals surface area contributed by atoms with Crippen LogP contribution in [0.5, 0.6) is 0 Å². The van der Waals surface area contributed by atoms with E-state index in [0.29, 0.717) is 11.7 Å². The molecule has 18 heavy (non-hydrogen) atoms. The Hall–Kier alpha value is -1.24. The van der Waals surface area contributed by atoms with Gasteiger partial charge in [-0.1, -0.05) is 23.9 Å². The van der Waals surface area contributed by atoms with Crippen LogP contribution >= 0.6 is 11.8 Å². The zero-order valence-corrected chi connectivity index (χ0v) is 10.0. The SMILES string of the molecule is Fc1c(CNC2=NCCS2)cccc1C(F)(F)F. The van der Waals surface area contributed by atoms with Gasteiger partial charge in [-0.3, -0.25) is 4.99 Å². The highest BCUT2D eigenvalue weighted by molar-refractivity contribution is 8.14. The average molecular weight is 278 g/mol. The molecule has 1 aromatic rings. The number of nitrogens with zero attached hydrogens (tertiary/aromatic N) is 1. The first kappa shape index (κ1) is 13.2. The Morgan fingerprint density at radius 3 is 2.72 bits per heavy atom. The minimum absolute atomic E-state index is 0.00157. The zero-order chi connectivity index (χ0) is 13.2. The van der Waals surface area contributed by atoms with Crippen molar-refractivity contribution in [3.63, 3.8) is 0 Å². The molecule has 0 bridgehead atoms. The molecule has 1 aliphatic rings. The highest BCUT2D eigenvalue weighted by Gasteiger charge is 2.34. The number of nitrogens with one attached hydrogen (secondary N) is 1. The second kappa shape index (κ2) is 5.17. The summed E-state index contributed by atoms with van der Waals surface area (Å²) in [6.07, 6.45) is -4.67. The Labute approximate surface area is 105 Å². The van der Waals surface area contributed by atoms with Crippen LogP contribution in [0, 0.1) is 5.82 Å². The number of aliphatic imine (C=N–C) groups is 1. The molecule has 7 heteroatoms. The van der Waals surface area contributed by atoms with Gasteiger partial charge in [0.25, 0.3) is 0 Å². The summed E-state index contributed by atoms with van der Waals surface area (Å²) in [6, 6.07) is 3.27. The standard InChI is InChI=1S/C11H10F4N2S/c12-9-7(6-17-10-16-4-5-18-10)2-1-3-8(9)11(13,14)15/h1-3H,4-6H2,(H,16,17). The lowest BCUT2D eigenvalue weighted by atomic mass is 10.1. The second-order valence-corrected chi connectivity index (χ2v) is 4.75. The molecule has 1 aliphatic heterocycles. The van der Waals surface area contributed by atoms with Crippen molar-refractivity contribution in [2.75, 3.05) is 12.3 Å². The molecule has 2 rings (SSSR count). The van der Waals surface area contributed by atoms with E-state index in [-0.39, 0.29) is 12.1 Å². The molecule has 0 unspecified atom stereocenters. The number of alkyl halides is 3. The Bertz CT molecular complexity index is 471. The smallest absolute Gasteiger partial charge is 0.361 e. The van der Waals surface area contributed by atoms with Crippen LogP contribution in [-0.4, -0.2) is 17.5 Å². The quantitative estimate of drug-likeness (QED) is 0.841. The molecule has 1 N–H and O–H groups in total. The molecule has 0 saturated carbocycles. The van der Waals surface area contributed by atoms with E-state index in [1.165, 1.54) is 23.9 Å². The number of halogens is 4. The normalized spacial score (nSPS) is 15.7. The molecule has 0 spiro atoms. The molecule has 2 nitrogen and oxygen atoms in total. The fraction of sp³-hybridized carbons (Fsp3) is 0.364. The number of rotatable bonds is 2. The van der Waals surface area contributed by atoms with Crippen LogP contribution < -0.4 is 5.32 Å². The summed E-state index contributed by atoms with van der Waals surface area (Å²) in [5.41, 5.74) is -1.25. The van der Waals surface area contributed by atoms with Crippen LogP contribution in [0.4, 0.5) is 17.6 Å². The molecule has 0 aromatic heterocycles.